The van der Waals surface area contributed by atoms with Gasteiger partial charge in [0, 0.05) is 0 Å². The smallest absolute Gasteiger partial charge is 0.419 e. The Hall–Kier alpha value is -6.14. The molecule has 0 saturated heterocycles. The Balaban J connectivity index is 1.61. The first-order valence-electron chi connectivity index (χ1n) is 12.0. The van der Waals surface area contributed by atoms with Gasteiger partial charge >= 0.3 is 30.3 Å². The summed E-state index contributed by atoms with van der Waals surface area (Å²) in [7, 11) is 0. The minimum Gasteiger partial charge on any atom is -0.478 e. The molecular formula is C26H13F6N7O6. The van der Waals surface area contributed by atoms with Crippen molar-refractivity contribution in [2.24, 2.45) is 0 Å². The number of aromatic carboxylic acids is 3. The van der Waals surface area contributed by atoms with Gasteiger partial charge in [0.15, 0.2) is 0 Å². The monoisotopic (exact) mass is 633 g/mol. The van der Waals surface area contributed by atoms with Crippen LogP contribution in [0.1, 0.15) is 42.2 Å². The van der Waals surface area contributed by atoms with Crippen LogP contribution in [0.25, 0.3) is 34.2 Å². The summed E-state index contributed by atoms with van der Waals surface area (Å²) in [5.41, 5.74) is -8.09. The fourth-order valence-electron chi connectivity index (χ4n) is 4.33. The minimum atomic E-state index is -5.12. The van der Waals surface area contributed by atoms with Crippen LogP contribution in [0.15, 0.2) is 60.9 Å². The number of alkyl halides is 6. The molecule has 3 N–H and O–H groups in total. The zero-order valence-electron chi connectivity index (χ0n) is 21.7. The molecule has 2 aromatic carbocycles. The third kappa shape index (κ3) is 5.77. The molecule has 5 aromatic rings. The lowest BCUT2D eigenvalue weighted by atomic mass is 10.0. The van der Waals surface area contributed by atoms with Crippen molar-refractivity contribution in [1.82, 2.24) is 35.0 Å². The highest BCUT2D eigenvalue weighted by atomic mass is 19.4. The first-order chi connectivity index (χ1) is 21.1. The lowest BCUT2D eigenvalue weighted by Gasteiger charge is -2.14. The quantitative estimate of drug-likeness (QED) is 0.211. The van der Waals surface area contributed by atoms with Crippen LogP contribution in [0.5, 0.6) is 0 Å². The van der Waals surface area contributed by atoms with E-state index in [1.54, 1.807) is 0 Å². The molecule has 0 saturated carbocycles. The van der Waals surface area contributed by atoms with Gasteiger partial charge in [-0.2, -0.15) is 26.3 Å². The highest BCUT2D eigenvalue weighted by Crippen LogP contribution is 2.38. The molecule has 45 heavy (non-hydrogen) atoms. The standard InChI is InChI=1S/C26H13F6N7O6/c27-25(28,29)20-12(23(42)43)3-1-5-18(20)38-9-16(34-36-38)14-7-11(22(40)41)8-15(33-14)17-10-39(37-35-17)19-6-2-4-13(24(44)45)21(19)26(30,31)32/h1-10H,(H,40,41)(H,42,43)(H,44,45). The Labute approximate surface area is 244 Å². The Morgan fingerprint density at radius 3 is 1.33 bits per heavy atom. The van der Waals surface area contributed by atoms with E-state index in [4.69, 9.17) is 0 Å². The van der Waals surface area contributed by atoms with Crippen LogP contribution in [0.2, 0.25) is 0 Å². The fraction of sp³-hybridized carbons (Fsp3) is 0.0769. The predicted octanol–water partition coefficient (Wildman–Crippen LogP) is 4.71. The van der Waals surface area contributed by atoms with Crippen molar-refractivity contribution < 1.29 is 56.0 Å². The summed E-state index contributed by atoms with van der Waals surface area (Å²) in [5.74, 6) is -5.20. The summed E-state index contributed by atoms with van der Waals surface area (Å²) in [5, 5.41) is 42.9. The molecule has 0 unspecified atom stereocenters. The molecule has 0 aliphatic carbocycles. The van der Waals surface area contributed by atoms with Gasteiger partial charge in [0.1, 0.15) is 11.4 Å². The number of hydrogen-bond acceptors (Lipinski definition) is 8. The number of nitrogens with zero attached hydrogens (tertiary/aromatic N) is 7. The maximum absolute atomic E-state index is 13.8. The van der Waals surface area contributed by atoms with Crippen LogP contribution >= 0.6 is 0 Å². The van der Waals surface area contributed by atoms with Gasteiger partial charge in [0.25, 0.3) is 0 Å². The normalized spacial score (nSPS) is 11.9. The van der Waals surface area contributed by atoms with Crippen molar-refractivity contribution in [1.29, 1.82) is 0 Å². The summed E-state index contributed by atoms with van der Waals surface area (Å²) in [6.45, 7) is 0. The summed E-state index contributed by atoms with van der Waals surface area (Å²) < 4.78 is 84.2. The largest absolute Gasteiger partial charge is 0.478 e. The Morgan fingerprint density at radius 2 is 1.00 bits per heavy atom. The molecule has 3 heterocycles. The number of benzene rings is 2. The third-order valence-corrected chi connectivity index (χ3v) is 6.19. The number of halogens is 6. The second kappa shape index (κ2) is 10.8. The molecule has 13 nitrogen and oxygen atoms in total. The number of aromatic nitrogens is 7. The van der Waals surface area contributed by atoms with Gasteiger partial charge in [-0.15, -0.1) is 10.2 Å². The lowest BCUT2D eigenvalue weighted by Crippen LogP contribution is -2.17. The fourth-order valence-corrected chi connectivity index (χ4v) is 4.33. The number of rotatable bonds is 7. The van der Waals surface area contributed by atoms with Crippen LogP contribution in [-0.4, -0.2) is 68.2 Å². The third-order valence-electron chi connectivity index (χ3n) is 6.19. The van der Waals surface area contributed by atoms with Crippen molar-refractivity contribution in [2.45, 2.75) is 12.4 Å². The summed E-state index contributed by atoms with van der Waals surface area (Å²) in [6, 6.07) is 7.45. The molecule has 19 heteroatoms. The molecule has 0 aliphatic rings. The van der Waals surface area contributed by atoms with E-state index in [2.05, 4.69) is 25.6 Å². The second-order valence-corrected chi connectivity index (χ2v) is 9.03. The highest BCUT2D eigenvalue weighted by Gasteiger charge is 2.40. The molecule has 0 fully saturated rings. The number of carbonyl (C=O) groups is 3. The van der Waals surface area contributed by atoms with E-state index in [1.165, 1.54) is 0 Å². The molecule has 0 amide bonds. The van der Waals surface area contributed by atoms with Gasteiger partial charge < -0.3 is 15.3 Å². The average Bonchev–Trinajstić information content (AvgIpc) is 3.66. The van der Waals surface area contributed by atoms with E-state index in [0.717, 1.165) is 60.9 Å². The van der Waals surface area contributed by atoms with Crippen LogP contribution in [0.4, 0.5) is 26.3 Å². The van der Waals surface area contributed by atoms with Crippen LogP contribution in [-0.2, 0) is 12.4 Å². The summed E-state index contributed by atoms with van der Waals surface area (Å²) >= 11 is 0. The van der Waals surface area contributed by atoms with E-state index in [1.807, 2.05) is 0 Å². The zero-order valence-corrected chi connectivity index (χ0v) is 21.7. The maximum atomic E-state index is 13.8. The van der Waals surface area contributed by atoms with E-state index in [-0.39, 0.29) is 22.8 Å². The Kier molecular flexibility index (Phi) is 7.31. The summed E-state index contributed by atoms with van der Waals surface area (Å²) in [4.78, 5) is 38.9. The first-order valence-corrected chi connectivity index (χ1v) is 12.0. The van der Waals surface area contributed by atoms with Gasteiger partial charge in [0.05, 0.1) is 63.0 Å². The maximum Gasteiger partial charge on any atom is 0.419 e. The van der Waals surface area contributed by atoms with Crippen molar-refractivity contribution in [2.75, 3.05) is 0 Å². The molecule has 0 aliphatic heterocycles. The molecule has 5 rings (SSSR count). The second-order valence-electron chi connectivity index (χ2n) is 9.03. The van der Waals surface area contributed by atoms with Gasteiger partial charge in [0.2, 0.25) is 0 Å². The van der Waals surface area contributed by atoms with Crippen LogP contribution < -0.4 is 0 Å². The molecule has 0 spiro atoms. The predicted molar refractivity (Wildman–Crippen MR) is 136 cm³/mol. The molecule has 230 valence electrons. The number of hydrogen-bond donors (Lipinski definition) is 3. The van der Waals surface area contributed by atoms with Crippen LogP contribution in [0.3, 0.4) is 0 Å². The van der Waals surface area contributed by atoms with Crippen LogP contribution in [0, 0.1) is 0 Å². The van der Waals surface area contributed by atoms with E-state index >= 15 is 0 Å². The molecule has 0 radical (unpaired) electrons. The topological polar surface area (TPSA) is 186 Å². The van der Waals surface area contributed by atoms with Gasteiger partial charge in [-0.05, 0) is 36.4 Å². The van der Waals surface area contributed by atoms with Crippen molar-refractivity contribution in [3.63, 3.8) is 0 Å². The zero-order chi connectivity index (χ0) is 32.8. The highest BCUT2D eigenvalue weighted by molar-refractivity contribution is 5.92. The molecule has 0 bridgehead atoms. The Bertz CT molecular complexity index is 1870. The number of carboxylic acids is 3. The summed E-state index contributed by atoms with van der Waals surface area (Å²) in [6.07, 6.45) is -8.38. The Morgan fingerprint density at radius 1 is 0.600 bits per heavy atom. The lowest BCUT2D eigenvalue weighted by molar-refractivity contribution is -0.138. The average molecular weight is 633 g/mol. The molecular weight excluding hydrogens is 620 g/mol. The molecule has 3 aromatic heterocycles. The van der Waals surface area contributed by atoms with Crippen molar-refractivity contribution in [3.8, 4) is 34.2 Å². The first kappa shape index (κ1) is 30.3. The number of carboxylic acid groups (broad SMARTS) is 3. The van der Waals surface area contributed by atoms with Gasteiger partial charge in [-0.1, -0.05) is 22.6 Å². The van der Waals surface area contributed by atoms with E-state index in [0.29, 0.717) is 9.36 Å². The van der Waals surface area contributed by atoms with Crippen molar-refractivity contribution >= 4 is 17.9 Å². The van der Waals surface area contributed by atoms with E-state index < -0.39 is 69.5 Å². The molecule has 0 atom stereocenters. The SMILES string of the molecule is O=C(O)c1cc(-c2cn(-c3cccc(C(=O)O)c3C(F)(F)F)nn2)nc(-c2cn(-c3cccc(C(=O)O)c3C(F)(F)F)nn2)c1. The van der Waals surface area contributed by atoms with Gasteiger partial charge in [-0.25, -0.2) is 28.7 Å². The van der Waals surface area contributed by atoms with E-state index in [9.17, 15) is 56.0 Å². The van der Waals surface area contributed by atoms with Crippen molar-refractivity contribution in [3.05, 3.63) is 88.7 Å². The minimum absolute atomic E-state index is 0.266. The van der Waals surface area contributed by atoms with Gasteiger partial charge in [-0.3, -0.25) is 0 Å². The number of pyridine rings is 1.